The fraction of sp³-hybridized carbons (Fsp3) is 0.190. The van der Waals surface area contributed by atoms with Gasteiger partial charge in [-0.05, 0) is 42.1 Å². The molecule has 0 fully saturated rings. The summed E-state index contributed by atoms with van der Waals surface area (Å²) in [7, 11) is 0. The van der Waals surface area contributed by atoms with Gasteiger partial charge in [-0.3, -0.25) is 14.8 Å². The van der Waals surface area contributed by atoms with Crippen molar-refractivity contribution in [3.63, 3.8) is 0 Å². The Balaban J connectivity index is 1.61. The first-order valence-corrected chi connectivity index (χ1v) is 10.3. The zero-order valence-corrected chi connectivity index (χ0v) is 17.0. The number of aromatic nitrogens is 4. The lowest BCUT2D eigenvalue weighted by molar-refractivity contribution is 0.0913. The first kappa shape index (κ1) is 19.9. The molecule has 4 rings (SSSR count). The second-order valence-corrected chi connectivity index (χ2v) is 7.56. The van der Waals surface area contributed by atoms with Crippen LogP contribution in [0.25, 0.3) is 10.2 Å². The molecule has 0 aliphatic carbocycles. The Morgan fingerprint density at radius 3 is 2.80 bits per heavy atom. The zero-order valence-electron chi connectivity index (χ0n) is 16.2. The van der Waals surface area contributed by atoms with Gasteiger partial charge in [0.15, 0.2) is 5.69 Å². The van der Waals surface area contributed by atoms with Crippen LogP contribution < -0.4 is 10.6 Å². The van der Waals surface area contributed by atoms with Crippen molar-refractivity contribution < 1.29 is 9.90 Å². The number of anilines is 1. The number of thiophene rings is 1. The van der Waals surface area contributed by atoms with Crippen molar-refractivity contribution in [1.29, 1.82) is 0 Å². The van der Waals surface area contributed by atoms with Crippen molar-refractivity contribution >= 4 is 33.4 Å². The molecule has 8 nitrogen and oxygen atoms in total. The molecule has 4 aromatic rings. The minimum atomic E-state index is -0.583. The molecule has 0 radical (unpaired) electrons. The molecular weight excluding hydrogens is 400 g/mol. The topological polar surface area (TPSA) is 113 Å². The highest BCUT2D eigenvalue weighted by atomic mass is 32.1. The van der Waals surface area contributed by atoms with Gasteiger partial charge in [0.1, 0.15) is 0 Å². The van der Waals surface area contributed by atoms with E-state index in [0.29, 0.717) is 21.7 Å². The number of hydrogen-bond donors (Lipinski definition) is 3. The van der Waals surface area contributed by atoms with Gasteiger partial charge in [-0.2, -0.15) is 0 Å². The number of pyridine rings is 2. The van der Waals surface area contributed by atoms with Crippen LogP contribution in [0.3, 0.4) is 0 Å². The van der Waals surface area contributed by atoms with Crippen LogP contribution in [0.1, 0.15) is 40.8 Å². The normalized spacial score (nSPS) is 13.0. The Morgan fingerprint density at radius 1 is 1.17 bits per heavy atom. The summed E-state index contributed by atoms with van der Waals surface area (Å²) in [5, 5.41) is 17.7. The molecule has 1 amide bonds. The summed E-state index contributed by atoms with van der Waals surface area (Å²) in [5.74, 6) is -0.0487. The number of aliphatic hydroxyl groups is 1. The third-order valence-electron chi connectivity index (χ3n) is 4.57. The van der Waals surface area contributed by atoms with E-state index < -0.39 is 6.04 Å². The average molecular weight is 420 g/mol. The van der Waals surface area contributed by atoms with Crippen LogP contribution in [-0.2, 0) is 0 Å². The van der Waals surface area contributed by atoms with Crippen LogP contribution in [0.15, 0.2) is 60.4 Å². The summed E-state index contributed by atoms with van der Waals surface area (Å²) in [6.45, 7) is 1.70. The molecule has 0 bridgehead atoms. The summed E-state index contributed by atoms with van der Waals surface area (Å²) in [4.78, 5) is 30.4. The fourth-order valence-electron chi connectivity index (χ4n) is 3.02. The average Bonchev–Trinajstić information content (AvgIpc) is 3.26. The van der Waals surface area contributed by atoms with Crippen LogP contribution in [-0.4, -0.2) is 37.6 Å². The molecule has 152 valence electrons. The number of hydrogen-bond acceptors (Lipinski definition) is 8. The van der Waals surface area contributed by atoms with Crippen molar-refractivity contribution in [3.8, 4) is 0 Å². The van der Waals surface area contributed by atoms with E-state index in [1.54, 1.807) is 30.7 Å². The van der Waals surface area contributed by atoms with Gasteiger partial charge in [-0.25, -0.2) is 9.97 Å². The van der Waals surface area contributed by atoms with E-state index in [0.717, 1.165) is 5.69 Å². The van der Waals surface area contributed by atoms with Crippen molar-refractivity contribution in [3.05, 3.63) is 77.3 Å². The maximum Gasteiger partial charge on any atom is 0.272 e. The second kappa shape index (κ2) is 8.93. The number of nitrogens with one attached hydrogen (secondary N) is 2. The van der Waals surface area contributed by atoms with Gasteiger partial charge in [0.05, 0.1) is 34.6 Å². The van der Waals surface area contributed by atoms with Crippen LogP contribution in [0.2, 0.25) is 0 Å². The molecule has 9 heteroatoms. The predicted octanol–water partition coefficient (Wildman–Crippen LogP) is 3.12. The number of amides is 1. The highest BCUT2D eigenvalue weighted by Gasteiger charge is 2.21. The van der Waals surface area contributed by atoms with Gasteiger partial charge in [0.2, 0.25) is 5.95 Å². The van der Waals surface area contributed by atoms with Gasteiger partial charge in [0.25, 0.3) is 5.91 Å². The van der Waals surface area contributed by atoms with Gasteiger partial charge in [-0.1, -0.05) is 12.1 Å². The largest absolute Gasteiger partial charge is 0.394 e. The lowest BCUT2D eigenvalue weighted by atomic mass is 10.1. The maximum absolute atomic E-state index is 13.0. The SMILES string of the molecule is C[C@H](Nc1nc(C(=O)NC(CO)c2cccnc2)c2sccc2n1)c1ccccn1. The first-order chi connectivity index (χ1) is 14.7. The van der Waals surface area contributed by atoms with Gasteiger partial charge in [-0.15, -0.1) is 11.3 Å². The zero-order chi connectivity index (χ0) is 20.9. The lowest BCUT2D eigenvalue weighted by Crippen LogP contribution is -2.31. The van der Waals surface area contributed by atoms with Gasteiger partial charge >= 0.3 is 0 Å². The summed E-state index contributed by atoms with van der Waals surface area (Å²) in [6.07, 6.45) is 4.98. The lowest BCUT2D eigenvalue weighted by Gasteiger charge is -2.17. The number of carbonyl (C=O) groups excluding carboxylic acids is 1. The van der Waals surface area contributed by atoms with Crippen molar-refractivity contribution in [2.75, 3.05) is 11.9 Å². The molecule has 0 aliphatic heterocycles. The molecule has 4 aromatic heterocycles. The Hall–Kier alpha value is -3.43. The van der Waals surface area contributed by atoms with E-state index in [2.05, 4.69) is 30.6 Å². The Kier molecular flexibility index (Phi) is 5.92. The van der Waals surface area contributed by atoms with E-state index in [1.807, 2.05) is 36.6 Å². The molecule has 1 unspecified atom stereocenters. The third-order valence-corrected chi connectivity index (χ3v) is 5.48. The molecule has 0 saturated carbocycles. The van der Waals surface area contributed by atoms with Crippen molar-refractivity contribution in [1.82, 2.24) is 25.3 Å². The Bertz CT molecular complexity index is 1140. The van der Waals surface area contributed by atoms with Crippen LogP contribution in [0, 0.1) is 0 Å². The standard InChI is InChI=1S/C21H20N6O2S/c1-13(15-6-2-3-9-23-15)24-21-26-16-7-10-30-19(16)18(27-21)20(29)25-17(12-28)14-5-4-8-22-11-14/h2-11,13,17,28H,12H2,1H3,(H,25,29)(H,24,26,27)/t13-,17?/m0/s1. The van der Waals surface area contributed by atoms with E-state index >= 15 is 0 Å². The summed E-state index contributed by atoms with van der Waals surface area (Å²) in [5.41, 5.74) is 2.49. The van der Waals surface area contributed by atoms with Gasteiger partial charge < -0.3 is 15.7 Å². The van der Waals surface area contributed by atoms with Crippen molar-refractivity contribution in [2.45, 2.75) is 19.0 Å². The fourth-order valence-corrected chi connectivity index (χ4v) is 3.84. The van der Waals surface area contributed by atoms with E-state index in [4.69, 9.17) is 0 Å². The van der Waals surface area contributed by atoms with E-state index in [9.17, 15) is 9.90 Å². The van der Waals surface area contributed by atoms with Gasteiger partial charge in [0, 0.05) is 18.6 Å². The monoisotopic (exact) mass is 420 g/mol. The van der Waals surface area contributed by atoms with E-state index in [1.165, 1.54) is 11.3 Å². The van der Waals surface area contributed by atoms with Crippen molar-refractivity contribution in [2.24, 2.45) is 0 Å². The van der Waals surface area contributed by atoms with Crippen LogP contribution >= 0.6 is 11.3 Å². The quantitative estimate of drug-likeness (QED) is 0.421. The summed E-state index contributed by atoms with van der Waals surface area (Å²) in [6, 6.07) is 10.4. The number of carbonyl (C=O) groups is 1. The van der Waals surface area contributed by atoms with Crippen LogP contribution in [0.4, 0.5) is 5.95 Å². The Morgan fingerprint density at radius 2 is 2.07 bits per heavy atom. The number of nitrogens with zero attached hydrogens (tertiary/aromatic N) is 4. The number of fused-ring (bicyclic) bond motifs is 1. The minimum Gasteiger partial charge on any atom is -0.394 e. The molecule has 0 saturated heterocycles. The molecule has 0 aromatic carbocycles. The third kappa shape index (κ3) is 4.27. The van der Waals surface area contributed by atoms with Crippen LogP contribution in [0.5, 0.6) is 0 Å². The molecular formula is C21H20N6O2S. The number of rotatable bonds is 7. The Labute approximate surface area is 177 Å². The number of aliphatic hydroxyl groups excluding tert-OH is 1. The first-order valence-electron chi connectivity index (χ1n) is 9.40. The molecule has 0 aliphatic rings. The maximum atomic E-state index is 13.0. The van der Waals surface area contributed by atoms with E-state index in [-0.39, 0.29) is 24.2 Å². The smallest absolute Gasteiger partial charge is 0.272 e. The molecule has 2 atom stereocenters. The molecule has 3 N–H and O–H groups in total. The summed E-state index contributed by atoms with van der Waals surface area (Å²) < 4.78 is 0.686. The highest BCUT2D eigenvalue weighted by Crippen LogP contribution is 2.25. The minimum absolute atomic E-state index is 0.140. The highest BCUT2D eigenvalue weighted by molar-refractivity contribution is 7.17. The molecule has 4 heterocycles. The second-order valence-electron chi connectivity index (χ2n) is 6.65. The molecule has 0 spiro atoms. The molecule has 30 heavy (non-hydrogen) atoms. The predicted molar refractivity (Wildman–Crippen MR) is 115 cm³/mol. The summed E-state index contributed by atoms with van der Waals surface area (Å²) >= 11 is 1.40.